The first-order valence-corrected chi connectivity index (χ1v) is 8.32. The molecule has 1 atom stereocenters. The Morgan fingerprint density at radius 3 is 2.84 bits per heavy atom. The lowest BCUT2D eigenvalue weighted by Crippen LogP contribution is -2.46. The monoisotopic (exact) mass is 350 g/mol. The highest BCUT2D eigenvalue weighted by Gasteiger charge is 2.25. The molecule has 19 heavy (non-hydrogen) atoms. The van der Waals surface area contributed by atoms with Gasteiger partial charge in [0.25, 0.3) is 0 Å². The maximum Gasteiger partial charge on any atom is 0.243 e. The van der Waals surface area contributed by atoms with E-state index in [1.807, 2.05) is 7.05 Å². The third kappa shape index (κ3) is 3.75. The molecular formula is C12H16BrFN2O2S. The maximum atomic E-state index is 13.7. The minimum atomic E-state index is -3.80. The smallest absolute Gasteiger partial charge is 0.243 e. The van der Waals surface area contributed by atoms with Gasteiger partial charge in [0.05, 0.1) is 0 Å². The molecule has 1 unspecified atom stereocenters. The summed E-state index contributed by atoms with van der Waals surface area (Å²) in [4.78, 5) is 1.76. The summed E-state index contributed by atoms with van der Waals surface area (Å²) in [6.45, 7) is 1.61. The minimum absolute atomic E-state index is 0.160. The van der Waals surface area contributed by atoms with Crippen molar-refractivity contribution in [3.05, 3.63) is 28.5 Å². The SMILES string of the molecule is CN1CCCC(NS(=O)(=O)c2ccc(Br)cc2F)C1. The van der Waals surface area contributed by atoms with E-state index in [2.05, 4.69) is 25.6 Å². The van der Waals surface area contributed by atoms with Gasteiger partial charge < -0.3 is 4.90 Å². The van der Waals surface area contributed by atoms with Gasteiger partial charge in [0.2, 0.25) is 10.0 Å². The number of hydrogen-bond donors (Lipinski definition) is 1. The molecule has 4 nitrogen and oxygen atoms in total. The average molecular weight is 351 g/mol. The number of halogens is 2. The van der Waals surface area contributed by atoms with E-state index in [4.69, 9.17) is 0 Å². The van der Waals surface area contributed by atoms with Crippen LogP contribution >= 0.6 is 15.9 Å². The normalized spacial score (nSPS) is 21.5. The second-order valence-electron chi connectivity index (χ2n) is 4.80. The van der Waals surface area contributed by atoms with E-state index in [9.17, 15) is 12.8 Å². The Morgan fingerprint density at radius 2 is 2.21 bits per heavy atom. The van der Waals surface area contributed by atoms with Crippen molar-refractivity contribution in [3.8, 4) is 0 Å². The van der Waals surface area contributed by atoms with Crippen LogP contribution in [0.3, 0.4) is 0 Å². The number of likely N-dealkylation sites (tertiary alicyclic amines) is 1. The standard InChI is InChI=1S/C12H16BrFN2O2S/c1-16-6-2-3-10(8-16)15-19(17,18)12-5-4-9(13)7-11(12)14/h4-5,7,10,15H,2-3,6,8H2,1H3. The fourth-order valence-corrected chi connectivity index (χ4v) is 3.89. The van der Waals surface area contributed by atoms with E-state index in [-0.39, 0.29) is 10.9 Å². The van der Waals surface area contributed by atoms with E-state index >= 15 is 0 Å². The lowest BCUT2D eigenvalue weighted by Gasteiger charge is -2.30. The first kappa shape index (κ1) is 14.9. The van der Waals surface area contributed by atoms with E-state index in [0.29, 0.717) is 11.0 Å². The third-order valence-electron chi connectivity index (χ3n) is 3.13. The van der Waals surface area contributed by atoms with Crippen LogP contribution in [-0.4, -0.2) is 39.5 Å². The molecule has 1 aliphatic rings. The first-order valence-electron chi connectivity index (χ1n) is 6.04. The largest absolute Gasteiger partial charge is 0.305 e. The minimum Gasteiger partial charge on any atom is -0.305 e. The first-order chi connectivity index (χ1) is 8.88. The van der Waals surface area contributed by atoms with Crippen molar-refractivity contribution in [1.82, 2.24) is 9.62 Å². The lowest BCUT2D eigenvalue weighted by atomic mass is 10.1. The van der Waals surface area contributed by atoms with Crippen molar-refractivity contribution in [2.24, 2.45) is 0 Å². The van der Waals surface area contributed by atoms with E-state index < -0.39 is 15.8 Å². The molecule has 0 radical (unpaired) electrons. The van der Waals surface area contributed by atoms with Crippen LogP contribution in [-0.2, 0) is 10.0 Å². The van der Waals surface area contributed by atoms with Crippen molar-refractivity contribution in [3.63, 3.8) is 0 Å². The number of piperidine rings is 1. The zero-order valence-corrected chi connectivity index (χ0v) is 13.0. The Hall–Kier alpha value is -0.500. The van der Waals surface area contributed by atoms with Crippen LogP contribution in [0.5, 0.6) is 0 Å². The highest BCUT2D eigenvalue weighted by molar-refractivity contribution is 9.10. The number of benzene rings is 1. The quantitative estimate of drug-likeness (QED) is 0.906. The van der Waals surface area contributed by atoms with E-state index in [1.54, 1.807) is 0 Å². The van der Waals surface area contributed by atoms with Crippen molar-refractivity contribution in [2.75, 3.05) is 20.1 Å². The van der Waals surface area contributed by atoms with Crippen LogP contribution in [0.25, 0.3) is 0 Å². The summed E-state index contributed by atoms with van der Waals surface area (Å²) < 4.78 is 41.1. The van der Waals surface area contributed by atoms with Gasteiger partial charge in [-0.1, -0.05) is 15.9 Å². The van der Waals surface area contributed by atoms with E-state index in [0.717, 1.165) is 25.5 Å². The van der Waals surface area contributed by atoms with Gasteiger partial charge in [-0.05, 0) is 44.6 Å². The molecule has 0 bridgehead atoms. The van der Waals surface area contributed by atoms with Crippen LogP contribution in [0.1, 0.15) is 12.8 Å². The van der Waals surface area contributed by atoms with Gasteiger partial charge in [-0.3, -0.25) is 0 Å². The molecular weight excluding hydrogens is 335 g/mol. The van der Waals surface area contributed by atoms with Crippen molar-refractivity contribution < 1.29 is 12.8 Å². The Kier molecular flexibility index (Phi) is 4.60. The maximum absolute atomic E-state index is 13.7. The van der Waals surface area contributed by atoms with Gasteiger partial charge >= 0.3 is 0 Å². The number of hydrogen-bond acceptors (Lipinski definition) is 3. The van der Waals surface area contributed by atoms with Crippen LogP contribution in [0.4, 0.5) is 4.39 Å². The number of rotatable bonds is 3. The predicted octanol–water partition coefficient (Wildman–Crippen LogP) is 1.96. The van der Waals surface area contributed by atoms with Gasteiger partial charge in [-0.15, -0.1) is 0 Å². The molecule has 1 aliphatic heterocycles. The highest BCUT2D eigenvalue weighted by atomic mass is 79.9. The molecule has 1 N–H and O–H groups in total. The lowest BCUT2D eigenvalue weighted by molar-refractivity contribution is 0.242. The Bertz CT molecular complexity index is 565. The summed E-state index contributed by atoms with van der Waals surface area (Å²) >= 11 is 3.11. The Labute approximate surface area is 121 Å². The Morgan fingerprint density at radius 1 is 1.47 bits per heavy atom. The number of nitrogens with one attached hydrogen (secondary N) is 1. The Balaban J connectivity index is 2.18. The molecule has 0 spiro atoms. The van der Waals surface area contributed by atoms with E-state index in [1.165, 1.54) is 12.1 Å². The van der Waals surface area contributed by atoms with Crippen molar-refractivity contribution in [2.45, 2.75) is 23.8 Å². The molecule has 0 aromatic heterocycles. The average Bonchev–Trinajstić information content (AvgIpc) is 2.27. The van der Waals surface area contributed by atoms with Crippen LogP contribution in [0.15, 0.2) is 27.6 Å². The molecule has 106 valence electrons. The molecule has 2 rings (SSSR count). The molecule has 1 saturated heterocycles. The summed E-state index contributed by atoms with van der Waals surface area (Å²) in [5.74, 6) is -0.744. The topological polar surface area (TPSA) is 49.4 Å². The van der Waals surface area contributed by atoms with Gasteiger partial charge in [0.15, 0.2) is 0 Å². The summed E-state index contributed by atoms with van der Waals surface area (Å²) in [5.41, 5.74) is 0. The molecule has 1 heterocycles. The van der Waals surface area contributed by atoms with Crippen molar-refractivity contribution >= 4 is 26.0 Å². The molecule has 1 aromatic carbocycles. The molecule has 0 saturated carbocycles. The molecule has 1 fully saturated rings. The summed E-state index contributed by atoms with van der Waals surface area (Å²) in [5, 5.41) is 0. The van der Waals surface area contributed by atoms with Crippen LogP contribution < -0.4 is 4.72 Å². The predicted molar refractivity (Wildman–Crippen MR) is 74.9 cm³/mol. The second-order valence-corrected chi connectivity index (χ2v) is 7.40. The summed E-state index contributed by atoms with van der Waals surface area (Å²) in [6, 6.07) is 3.78. The van der Waals surface area contributed by atoms with Gasteiger partial charge in [-0.2, -0.15) is 0 Å². The van der Waals surface area contributed by atoms with Crippen LogP contribution in [0, 0.1) is 5.82 Å². The number of likely N-dealkylation sites (N-methyl/N-ethyl adjacent to an activating group) is 1. The van der Waals surface area contributed by atoms with Gasteiger partial charge in [0.1, 0.15) is 10.7 Å². The van der Waals surface area contributed by atoms with Crippen molar-refractivity contribution in [1.29, 1.82) is 0 Å². The highest BCUT2D eigenvalue weighted by Crippen LogP contribution is 2.20. The zero-order valence-electron chi connectivity index (χ0n) is 10.6. The molecule has 7 heteroatoms. The molecule has 1 aromatic rings. The van der Waals surface area contributed by atoms with Gasteiger partial charge in [-0.25, -0.2) is 17.5 Å². The number of sulfonamides is 1. The molecule has 0 aliphatic carbocycles. The summed E-state index contributed by atoms with van der Waals surface area (Å²) in [6.07, 6.45) is 1.72. The molecule has 0 amide bonds. The fraction of sp³-hybridized carbons (Fsp3) is 0.500. The fourth-order valence-electron chi connectivity index (χ4n) is 2.24. The summed E-state index contributed by atoms with van der Waals surface area (Å²) in [7, 11) is -1.86. The van der Waals surface area contributed by atoms with Crippen LogP contribution in [0.2, 0.25) is 0 Å². The van der Waals surface area contributed by atoms with Gasteiger partial charge in [0, 0.05) is 17.1 Å². The second kappa shape index (κ2) is 5.87. The third-order valence-corrected chi connectivity index (χ3v) is 5.18. The zero-order chi connectivity index (χ0) is 14.0. The number of nitrogens with zero attached hydrogens (tertiary/aromatic N) is 1.